The van der Waals surface area contributed by atoms with Crippen molar-refractivity contribution in [3.05, 3.63) is 59.8 Å². The Bertz CT molecular complexity index is 1940. The first-order valence-corrected chi connectivity index (χ1v) is 19.4. The van der Waals surface area contributed by atoms with Crippen LogP contribution in [0.25, 0.3) is 33.3 Å². The fraction of sp³-hybridized carbons (Fsp3) is 0.406. The molecule has 0 saturated carbocycles. The smallest absolute Gasteiger partial charge is 0.407 e. The van der Waals surface area contributed by atoms with Crippen molar-refractivity contribution in [2.24, 2.45) is 5.92 Å². The molecule has 2 aromatic carbocycles. The van der Waals surface area contributed by atoms with Crippen molar-refractivity contribution in [2.75, 3.05) is 19.7 Å². The Hall–Kier alpha value is -4.14. The average molecular weight is 684 g/mol. The van der Waals surface area contributed by atoms with Gasteiger partial charge in [0.05, 0.1) is 41.2 Å². The van der Waals surface area contributed by atoms with Crippen molar-refractivity contribution in [3.8, 4) is 22.8 Å². The van der Waals surface area contributed by atoms with Crippen LogP contribution in [0.3, 0.4) is 0 Å². The first-order chi connectivity index (χ1) is 22.3. The molecule has 1 aliphatic heterocycles. The van der Waals surface area contributed by atoms with Crippen molar-refractivity contribution >= 4 is 47.8 Å². The number of piperidine rings is 1. The summed E-state index contributed by atoms with van der Waals surface area (Å²) in [4.78, 5) is 25.8. The summed E-state index contributed by atoms with van der Waals surface area (Å²) in [7, 11) is -1.20. The minimum absolute atomic E-state index is 0.0318. The predicted molar refractivity (Wildman–Crippen MR) is 177 cm³/mol. The van der Waals surface area contributed by atoms with Gasteiger partial charge >= 0.3 is 6.09 Å². The maximum absolute atomic E-state index is 14.7. The van der Waals surface area contributed by atoms with E-state index in [1.54, 1.807) is 24.5 Å². The first kappa shape index (κ1) is 32.8. The van der Waals surface area contributed by atoms with Crippen LogP contribution in [-0.2, 0) is 18.0 Å². The second-order valence-corrected chi connectivity index (χ2v) is 19.1. The molecule has 5 aromatic rings. The highest BCUT2D eigenvalue weighted by Gasteiger charge is 2.46. The number of carboxylic acid groups (broad SMARTS) is 1. The number of aromatic nitrogens is 6. The molecule has 47 heavy (non-hydrogen) atoms. The number of hydrogen-bond donors (Lipinski definition) is 1. The molecule has 0 aliphatic carbocycles. The van der Waals surface area contributed by atoms with Gasteiger partial charge in [-0.25, -0.2) is 23.5 Å². The predicted octanol–water partition coefficient (Wildman–Crippen LogP) is 7.54. The molecule has 1 N–H and O–H groups in total. The number of likely N-dealkylation sites (tertiary alicyclic amines) is 1. The van der Waals surface area contributed by atoms with Gasteiger partial charge in [0.25, 0.3) is 5.92 Å². The lowest BCUT2D eigenvalue weighted by atomic mass is 9.93. The average Bonchev–Trinajstić information content (AvgIpc) is 3.60. The normalized spacial score (nSPS) is 16.7. The first-order valence-electron chi connectivity index (χ1n) is 15.3. The molecule has 11 nitrogen and oxygen atoms in total. The minimum Gasteiger partial charge on any atom is -0.465 e. The molecule has 6 rings (SSSR count). The number of aryl methyl sites for hydroxylation is 1. The van der Waals surface area contributed by atoms with E-state index in [9.17, 15) is 13.6 Å². The summed E-state index contributed by atoms with van der Waals surface area (Å²) in [6.07, 6.45) is 3.42. The molecular formula is C32H36ClF2N7O4Si. The van der Waals surface area contributed by atoms with Gasteiger partial charge in [0.1, 0.15) is 34.6 Å². The van der Waals surface area contributed by atoms with E-state index in [1.165, 1.54) is 10.9 Å². The van der Waals surface area contributed by atoms with E-state index in [0.717, 1.165) is 27.8 Å². The van der Waals surface area contributed by atoms with Crippen molar-refractivity contribution in [2.45, 2.75) is 58.2 Å². The van der Waals surface area contributed by atoms with Crippen LogP contribution < -0.4 is 4.74 Å². The summed E-state index contributed by atoms with van der Waals surface area (Å²) >= 11 is 6.81. The van der Waals surface area contributed by atoms with Crippen LogP contribution in [0.2, 0.25) is 30.7 Å². The molecule has 1 amide bonds. The van der Waals surface area contributed by atoms with Gasteiger partial charge in [0, 0.05) is 51.5 Å². The summed E-state index contributed by atoms with van der Waals surface area (Å²) < 4.78 is 45.1. The molecule has 1 saturated heterocycles. The molecule has 0 bridgehead atoms. The fourth-order valence-corrected chi connectivity index (χ4v) is 6.55. The number of imidazole rings is 1. The minimum atomic E-state index is -3.17. The van der Waals surface area contributed by atoms with Crippen LogP contribution in [0, 0.1) is 12.8 Å². The van der Waals surface area contributed by atoms with E-state index in [0.29, 0.717) is 47.1 Å². The SMILES string of the molecule is Cc1nc2ccc(Oc3ccc4ncc(-c5cnn(CC6CCN(C(=O)O)CC6(F)F)c5)nc4c3Cl)cc2n1COCC[Si](C)(C)C. The maximum atomic E-state index is 14.7. The molecule has 4 heterocycles. The van der Waals surface area contributed by atoms with Crippen LogP contribution >= 0.6 is 11.6 Å². The largest absolute Gasteiger partial charge is 0.465 e. The lowest BCUT2D eigenvalue weighted by Gasteiger charge is -2.36. The number of halogens is 3. The summed E-state index contributed by atoms with van der Waals surface area (Å²) in [5.74, 6) is -2.41. The summed E-state index contributed by atoms with van der Waals surface area (Å²) in [6, 6.07) is 10.2. The third kappa shape index (κ3) is 7.24. The standard InChI is InChI=1S/C32H36ClF2N7O4Si/c1-20-38-24-6-5-23(13-27(24)42(20)19-45-11-12-47(2,3)4)46-28-8-7-25-30(29(28)33)39-26(15-36-25)21-14-37-41(16-21)17-22-9-10-40(31(43)44)18-32(22,34)35/h5-8,13-16,22H,9-12,17-19H2,1-4H3,(H,43,44). The summed E-state index contributed by atoms with van der Waals surface area (Å²) in [6.45, 7) is 9.16. The molecule has 0 radical (unpaired) electrons. The van der Waals surface area contributed by atoms with Gasteiger partial charge in [-0.15, -0.1) is 0 Å². The molecule has 1 fully saturated rings. The van der Waals surface area contributed by atoms with Crippen molar-refractivity contribution in [1.29, 1.82) is 0 Å². The Kier molecular flexibility index (Phi) is 8.93. The zero-order valence-corrected chi connectivity index (χ0v) is 28.3. The van der Waals surface area contributed by atoms with E-state index in [-0.39, 0.29) is 24.5 Å². The van der Waals surface area contributed by atoms with Crippen LogP contribution in [0.15, 0.2) is 48.9 Å². The van der Waals surface area contributed by atoms with E-state index in [4.69, 9.17) is 31.2 Å². The number of fused-ring (bicyclic) bond motifs is 2. The zero-order chi connectivity index (χ0) is 33.5. The maximum Gasteiger partial charge on any atom is 0.407 e. The van der Waals surface area contributed by atoms with Crippen molar-refractivity contribution < 1.29 is 28.2 Å². The molecule has 248 valence electrons. The third-order valence-corrected chi connectivity index (χ3v) is 10.4. The van der Waals surface area contributed by atoms with Gasteiger partial charge in [-0.3, -0.25) is 9.67 Å². The Balaban J connectivity index is 1.19. The Morgan fingerprint density at radius 2 is 1.94 bits per heavy atom. The highest BCUT2D eigenvalue weighted by Crippen LogP contribution is 2.37. The van der Waals surface area contributed by atoms with Crippen molar-refractivity contribution in [3.63, 3.8) is 0 Å². The van der Waals surface area contributed by atoms with Crippen LogP contribution in [-0.4, -0.2) is 79.1 Å². The van der Waals surface area contributed by atoms with Gasteiger partial charge < -0.3 is 24.0 Å². The molecule has 1 unspecified atom stereocenters. The van der Waals surface area contributed by atoms with Gasteiger partial charge in [-0.2, -0.15) is 5.10 Å². The molecule has 1 aliphatic rings. The third-order valence-electron chi connectivity index (χ3n) is 8.33. The number of rotatable bonds is 10. The van der Waals surface area contributed by atoms with Crippen molar-refractivity contribution in [1.82, 2.24) is 34.2 Å². The number of ether oxygens (including phenoxy) is 2. The summed E-state index contributed by atoms with van der Waals surface area (Å²) in [5.41, 5.74) is 3.73. The lowest BCUT2D eigenvalue weighted by molar-refractivity contribution is -0.109. The number of amides is 1. The van der Waals surface area contributed by atoms with E-state index < -0.39 is 32.6 Å². The number of benzene rings is 2. The van der Waals surface area contributed by atoms with Gasteiger partial charge in [0.2, 0.25) is 0 Å². The number of alkyl halides is 2. The van der Waals surface area contributed by atoms with Gasteiger partial charge in [-0.1, -0.05) is 31.2 Å². The Labute approximate surface area is 276 Å². The monoisotopic (exact) mass is 683 g/mol. The van der Waals surface area contributed by atoms with Gasteiger partial charge in [-0.05, 0) is 43.7 Å². The Morgan fingerprint density at radius 3 is 2.68 bits per heavy atom. The highest BCUT2D eigenvalue weighted by molar-refractivity contribution is 6.76. The molecule has 1 atom stereocenters. The summed E-state index contributed by atoms with van der Waals surface area (Å²) in [5, 5.41) is 13.6. The van der Waals surface area contributed by atoms with Crippen LogP contribution in [0.1, 0.15) is 12.2 Å². The lowest BCUT2D eigenvalue weighted by Crippen LogP contribution is -2.51. The molecule has 15 heteroatoms. The second-order valence-electron chi connectivity index (χ2n) is 13.1. The van der Waals surface area contributed by atoms with E-state index in [2.05, 4.69) is 34.7 Å². The number of nitrogens with zero attached hydrogens (tertiary/aromatic N) is 7. The van der Waals surface area contributed by atoms with Gasteiger partial charge in [0.15, 0.2) is 0 Å². The van der Waals surface area contributed by atoms with Crippen LogP contribution in [0.5, 0.6) is 11.5 Å². The quantitative estimate of drug-likeness (QED) is 0.118. The topological polar surface area (TPSA) is 120 Å². The van der Waals surface area contributed by atoms with E-state index in [1.807, 2.05) is 29.7 Å². The number of hydrogen-bond acceptors (Lipinski definition) is 7. The molecular weight excluding hydrogens is 648 g/mol. The Morgan fingerprint density at radius 1 is 1.15 bits per heavy atom. The van der Waals surface area contributed by atoms with E-state index >= 15 is 0 Å². The fourth-order valence-electron chi connectivity index (χ4n) is 5.55. The highest BCUT2D eigenvalue weighted by atomic mass is 35.5. The molecule has 0 spiro atoms. The zero-order valence-electron chi connectivity index (χ0n) is 26.6. The van der Waals surface area contributed by atoms with Crippen LogP contribution in [0.4, 0.5) is 13.6 Å². The second kappa shape index (κ2) is 12.8. The number of carbonyl (C=O) groups is 1. The molecule has 3 aromatic heterocycles.